The second-order valence-electron chi connectivity index (χ2n) is 6.94. The number of hydrogen-bond donors (Lipinski definition) is 0. The largest absolute Gasteiger partial charge is 0.366 e. The van der Waals surface area contributed by atoms with E-state index >= 15 is 0 Å². The third-order valence-corrected chi connectivity index (χ3v) is 5.27. The van der Waals surface area contributed by atoms with Gasteiger partial charge in [-0.1, -0.05) is 6.07 Å². The van der Waals surface area contributed by atoms with E-state index in [1.807, 2.05) is 22.6 Å². The van der Waals surface area contributed by atoms with Gasteiger partial charge in [0.05, 0.1) is 11.2 Å². The van der Waals surface area contributed by atoms with E-state index in [4.69, 9.17) is 0 Å². The minimum absolute atomic E-state index is 0.0418. The Kier molecular flexibility index (Phi) is 4.34. The van der Waals surface area contributed by atoms with Crippen LogP contribution in [0.3, 0.4) is 0 Å². The lowest BCUT2D eigenvalue weighted by Gasteiger charge is -2.36. The Labute approximate surface area is 156 Å². The van der Waals surface area contributed by atoms with Gasteiger partial charge in [-0.05, 0) is 42.8 Å². The molecule has 2 aromatic carbocycles. The van der Waals surface area contributed by atoms with Gasteiger partial charge in [0.2, 0.25) is 5.91 Å². The molecule has 4 nitrogen and oxygen atoms in total. The zero-order valence-corrected chi connectivity index (χ0v) is 15.4. The van der Waals surface area contributed by atoms with Crippen molar-refractivity contribution >= 4 is 22.5 Å². The Hall–Kier alpha value is -2.89. The molecular formula is C21H21F2N3O. The summed E-state index contributed by atoms with van der Waals surface area (Å²) in [5.41, 5.74) is 3.03. The fraction of sp³-hybridized carbons (Fsp3) is 0.286. The molecule has 1 aromatic heterocycles. The summed E-state index contributed by atoms with van der Waals surface area (Å²) in [4.78, 5) is 15.2. The van der Waals surface area contributed by atoms with Crippen molar-refractivity contribution in [1.29, 1.82) is 0 Å². The van der Waals surface area contributed by atoms with E-state index < -0.39 is 0 Å². The molecule has 0 radical (unpaired) electrons. The van der Waals surface area contributed by atoms with Gasteiger partial charge in [0.25, 0.3) is 0 Å². The van der Waals surface area contributed by atoms with Crippen LogP contribution in [0.1, 0.15) is 12.5 Å². The van der Waals surface area contributed by atoms with Crippen molar-refractivity contribution in [1.82, 2.24) is 9.47 Å². The second kappa shape index (κ2) is 6.68. The lowest BCUT2D eigenvalue weighted by molar-refractivity contribution is -0.129. The number of aromatic nitrogens is 1. The number of carbonyl (C=O) groups is 1. The van der Waals surface area contributed by atoms with Crippen molar-refractivity contribution < 1.29 is 13.6 Å². The molecule has 0 atom stereocenters. The average Bonchev–Trinajstić information content (AvgIpc) is 3.12. The molecule has 1 aliphatic heterocycles. The summed E-state index contributed by atoms with van der Waals surface area (Å²) in [6.07, 6.45) is 1.81. The van der Waals surface area contributed by atoms with Crippen molar-refractivity contribution in [3.63, 3.8) is 0 Å². The first-order valence-electron chi connectivity index (χ1n) is 9.02. The predicted octanol–water partition coefficient (Wildman–Crippen LogP) is 3.89. The number of rotatable bonds is 2. The van der Waals surface area contributed by atoms with Crippen molar-refractivity contribution in [2.75, 3.05) is 31.1 Å². The fourth-order valence-electron chi connectivity index (χ4n) is 3.76. The summed E-state index contributed by atoms with van der Waals surface area (Å²) in [5.74, 6) is -0.522. The van der Waals surface area contributed by atoms with Gasteiger partial charge in [-0.2, -0.15) is 0 Å². The molecule has 0 spiro atoms. The standard InChI is InChI=1S/C21H21F2N3O/c1-14-3-5-18(22)17-7-8-26(21(14)17)16-4-6-19(23)20(13-16)25-11-9-24(10-12-25)15(2)27/h3-8,13H,9-12H2,1-2H3. The zero-order chi connectivity index (χ0) is 19.1. The van der Waals surface area contributed by atoms with Crippen molar-refractivity contribution in [2.24, 2.45) is 0 Å². The lowest BCUT2D eigenvalue weighted by Crippen LogP contribution is -2.48. The molecule has 1 aliphatic rings. The van der Waals surface area contributed by atoms with Gasteiger partial charge in [-0.3, -0.25) is 4.79 Å². The highest BCUT2D eigenvalue weighted by Crippen LogP contribution is 2.29. The minimum atomic E-state index is -0.297. The number of benzene rings is 2. The van der Waals surface area contributed by atoms with E-state index in [0.717, 1.165) is 16.8 Å². The van der Waals surface area contributed by atoms with Crippen LogP contribution < -0.4 is 4.90 Å². The van der Waals surface area contributed by atoms with E-state index in [0.29, 0.717) is 37.3 Å². The van der Waals surface area contributed by atoms with Crippen molar-refractivity contribution in [2.45, 2.75) is 13.8 Å². The van der Waals surface area contributed by atoms with Crippen LogP contribution in [0.25, 0.3) is 16.6 Å². The first kappa shape index (κ1) is 17.5. The number of hydrogen-bond acceptors (Lipinski definition) is 2. The predicted molar refractivity (Wildman–Crippen MR) is 102 cm³/mol. The Morgan fingerprint density at radius 2 is 1.67 bits per heavy atom. The Morgan fingerprint density at radius 1 is 0.963 bits per heavy atom. The van der Waals surface area contributed by atoms with Crippen LogP contribution >= 0.6 is 0 Å². The van der Waals surface area contributed by atoms with Gasteiger partial charge >= 0.3 is 0 Å². The van der Waals surface area contributed by atoms with Gasteiger partial charge in [0.15, 0.2) is 0 Å². The smallest absolute Gasteiger partial charge is 0.219 e. The summed E-state index contributed by atoms with van der Waals surface area (Å²) in [5, 5.41) is 0.552. The molecule has 0 aliphatic carbocycles. The highest BCUT2D eigenvalue weighted by molar-refractivity contribution is 5.85. The Bertz CT molecular complexity index is 1020. The van der Waals surface area contributed by atoms with E-state index in [1.54, 1.807) is 36.1 Å². The quantitative estimate of drug-likeness (QED) is 0.686. The van der Waals surface area contributed by atoms with Gasteiger partial charge < -0.3 is 14.4 Å². The van der Waals surface area contributed by atoms with Crippen LogP contribution in [0.15, 0.2) is 42.6 Å². The molecule has 1 amide bonds. The normalized spacial score (nSPS) is 14.8. The summed E-state index contributed by atoms with van der Waals surface area (Å²) in [6, 6.07) is 9.90. The molecular weight excluding hydrogens is 348 g/mol. The number of fused-ring (bicyclic) bond motifs is 1. The summed E-state index contributed by atoms with van der Waals surface area (Å²) in [7, 11) is 0. The van der Waals surface area contributed by atoms with Gasteiger partial charge in [0, 0.05) is 50.4 Å². The average molecular weight is 369 g/mol. The maximum atomic E-state index is 14.5. The number of aryl methyl sites for hydroxylation is 1. The van der Waals surface area contributed by atoms with Crippen LogP contribution in [-0.2, 0) is 4.79 Å². The third kappa shape index (κ3) is 3.05. The molecule has 27 heavy (non-hydrogen) atoms. The second-order valence-corrected chi connectivity index (χ2v) is 6.94. The van der Waals surface area contributed by atoms with Crippen LogP contribution in [0.4, 0.5) is 14.5 Å². The number of amides is 1. The minimum Gasteiger partial charge on any atom is -0.366 e. The first-order chi connectivity index (χ1) is 13.0. The van der Waals surface area contributed by atoms with E-state index in [-0.39, 0.29) is 17.5 Å². The highest BCUT2D eigenvalue weighted by Gasteiger charge is 2.21. The molecule has 0 N–H and O–H groups in total. The first-order valence-corrected chi connectivity index (χ1v) is 9.02. The van der Waals surface area contributed by atoms with E-state index in [9.17, 15) is 13.6 Å². The number of anilines is 1. The zero-order valence-electron chi connectivity index (χ0n) is 15.4. The summed E-state index contributed by atoms with van der Waals surface area (Å²) < 4.78 is 30.5. The van der Waals surface area contributed by atoms with Crippen LogP contribution in [-0.4, -0.2) is 41.6 Å². The monoisotopic (exact) mass is 369 g/mol. The van der Waals surface area contributed by atoms with E-state index in [1.165, 1.54) is 12.1 Å². The molecule has 0 bridgehead atoms. The van der Waals surface area contributed by atoms with Gasteiger partial charge in [0.1, 0.15) is 11.6 Å². The van der Waals surface area contributed by atoms with Crippen LogP contribution in [0.5, 0.6) is 0 Å². The molecule has 140 valence electrons. The molecule has 0 saturated carbocycles. The van der Waals surface area contributed by atoms with Crippen LogP contribution in [0, 0.1) is 18.6 Å². The number of piperazine rings is 1. The van der Waals surface area contributed by atoms with E-state index in [2.05, 4.69) is 0 Å². The maximum Gasteiger partial charge on any atom is 0.219 e. The molecule has 0 unspecified atom stereocenters. The maximum absolute atomic E-state index is 14.5. The van der Waals surface area contributed by atoms with Gasteiger partial charge in [-0.25, -0.2) is 8.78 Å². The molecule has 1 saturated heterocycles. The van der Waals surface area contributed by atoms with Crippen molar-refractivity contribution in [3.05, 3.63) is 59.8 Å². The third-order valence-electron chi connectivity index (χ3n) is 5.27. The van der Waals surface area contributed by atoms with Gasteiger partial charge in [-0.15, -0.1) is 0 Å². The summed E-state index contributed by atoms with van der Waals surface area (Å²) in [6.45, 7) is 5.81. The Morgan fingerprint density at radius 3 is 2.37 bits per heavy atom. The SMILES string of the molecule is CC(=O)N1CCN(c2cc(-n3ccc4c(F)ccc(C)c43)ccc2F)CC1. The van der Waals surface area contributed by atoms with Crippen LogP contribution in [0.2, 0.25) is 0 Å². The Balaban J connectivity index is 1.72. The lowest BCUT2D eigenvalue weighted by atomic mass is 10.1. The number of carbonyl (C=O) groups excluding carboxylic acids is 1. The molecule has 6 heteroatoms. The number of nitrogens with zero attached hydrogens (tertiary/aromatic N) is 3. The highest BCUT2D eigenvalue weighted by atomic mass is 19.1. The summed E-state index contributed by atoms with van der Waals surface area (Å²) >= 11 is 0. The molecule has 4 rings (SSSR count). The topological polar surface area (TPSA) is 28.5 Å². The number of halogens is 2. The molecule has 1 fully saturated rings. The van der Waals surface area contributed by atoms with Crippen molar-refractivity contribution in [3.8, 4) is 5.69 Å². The molecule has 3 aromatic rings. The fourth-order valence-corrected chi connectivity index (χ4v) is 3.76. The molecule has 2 heterocycles.